The van der Waals surface area contributed by atoms with Crippen LogP contribution in [0, 0.1) is 0 Å². The van der Waals surface area contributed by atoms with E-state index >= 15 is 0 Å². The van der Waals surface area contributed by atoms with Crippen molar-refractivity contribution in [1.29, 1.82) is 0 Å². The van der Waals surface area contributed by atoms with Crippen molar-refractivity contribution < 1.29 is 19.4 Å². The maximum absolute atomic E-state index is 11.7. The fourth-order valence-corrected chi connectivity index (χ4v) is 1.95. The van der Waals surface area contributed by atoms with Gasteiger partial charge in [0.1, 0.15) is 5.60 Å². The summed E-state index contributed by atoms with van der Waals surface area (Å²) in [6.07, 6.45) is 0.172. The van der Waals surface area contributed by atoms with Crippen LogP contribution in [0.1, 0.15) is 38.8 Å². The van der Waals surface area contributed by atoms with Crippen molar-refractivity contribution in [3.05, 3.63) is 35.4 Å². The normalized spacial score (nSPS) is 12.6. The van der Waals surface area contributed by atoms with Gasteiger partial charge in [0.05, 0.1) is 6.42 Å². The summed E-state index contributed by atoms with van der Waals surface area (Å²) in [6, 6.07) is 7.28. The van der Waals surface area contributed by atoms with E-state index in [0.717, 1.165) is 11.1 Å². The summed E-state index contributed by atoms with van der Waals surface area (Å²) in [4.78, 5) is 22.4. The van der Waals surface area contributed by atoms with E-state index in [-0.39, 0.29) is 12.5 Å². The highest BCUT2D eigenvalue weighted by Crippen LogP contribution is 2.10. The summed E-state index contributed by atoms with van der Waals surface area (Å²) < 4.78 is 5.19. The lowest BCUT2D eigenvalue weighted by molar-refractivity contribution is -0.136. The molecule has 0 saturated carbocycles. The second kappa shape index (κ2) is 7.11. The van der Waals surface area contributed by atoms with E-state index in [1.54, 1.807) is 6.07 Å². The van der Waals surface area contributed by atoms with Crippen LogP contribution in [0.4, 0.5) is 4.79 Å². The molecule has 0 aromatic heterocycles. The van der Waals surface area contributed by atoms with E-state index in [0.29, 0.717) is 6.42 Å². The number of aliphatic carboxylic acids is 1. The number of carboxylic acid groups (broad SMARTS) is 1. The monoisotopic (exact) mass is 293 g/mol. The molecule has 5 nitrogen and oxygen atoms in total. The Morgan fingerprint density at radius 3 is 2.48 bits per heavy atom. The second-order valence-electron chi connectivity index (χ2n) is 6.14. The maximum Gasteiger partial charge on any atom is 0.407 e. The number of nitrogens with one attached hydrogen (secondary N) is 1. The topological polar surface area (TPSA) is 75.6 Å². The van der Waals surface area contributed by atoms with Crippen LogP contribution in [0.2, 0.25) is 0 Å². The standard InChI is InChI=1S/C16H23NO4/c1-11(17-15(20)21-16(2,3)4)8-12-6-5-7-13(9-12)10-14(18)19/h5-7,9,11H,8,10H2,1-4H3,(H,17,20)(H,18,19). The molecule has 2 N–H and O–H groups in total. The molecule has 0 fully saturated rings. The molecule has 1 atom stereocenters. The van der Waals surface area contributed by atoms with Crippen molar-refractivity contribution in [3.63, 3.8) is 0 Å². The minimum atomic E-state index is -0.855. The van der Waals surface area contributed by atoms with Crippen molar-refractivity contribution in [2.45, 2.75) is 52.2 Å². The highest BCUT2D eigenvalue weighted by Gasteiger charge is 2.17. The van der Waals surface area contributed by atoms with Crippen LogP contribution < -0.4 is 5.32 Å². The summed E-state index contributed by atoms with van der Waals surface area (Å²) in [7, 11) is 0. The second-order valence-corrected chi connectivity index (χ2v) is 6.14. The molecule has 0 saturated heterocycles. The molecule has 0 aliphatic rings. The van der Waals surface area contributed by atoms with Gasteiger partial charge in [0.25, 0.3) is 0 Å². The van der Waals surface area contributed by atoms with E-state index in [4.69, 9.17) is 9.84 Å². The maximum atomic E-state index is 11.7. The lowest BCUT2D eigenvalue weighted by atomic mass is 10.0. The van der Waals surface area contributed by atoms with Crippen molar-refractivity contribution in [2.24, 2.45) is 0 Å². The molecular weight excluding hydrogens is 270 g/mol. The van der Waals surface area contributed by atoms with Gasteiger partial charge >= 0.3 is 12.1 Å². The molecule has 0 aliphatic heterocycles. The zero-order valence-electron chi connectivity index (χ0n) is 13.0. The van der Waals surface area contributed by atoms with E-state index in [2.05, 4.69) is 5.32 Å². The van der Waals surface area contributed by atoms with Gasteiger partial charge < -0.3 is 15.2 Å². The average molecular weight is 293 g/mol. The summed E-state index contributed by atoms with van der Waals surface area (Å²) in [5.41, 5.74) is 1.22. The first-order chi connectivity index (χ1) is 9.65. The predicted molar refractivity (Wildman–Crippen MR) is 80.3 cm³/mol. The van der Waals surface area contributed by atoms with Crippen molar-refractivity contribution in [3.8, 4) is 0 Å². The third-order valence-electron chi connectivity index (χ3n) is 2.65. The van der Waals surface area contributed by atoms with E-state index in [1.807, 2.05) is 45.9 Å². The Labute approximate surface area is 125 Å². The van der Waals surface area contributed by atoms with Gasteiger partial charge in [0.2, 0.25) is 0 Å². The Hall–Kier alpha value is -2.04. The Morgan fingerprint density at radius 2 is 1.90 bits per heavy atom. The van der Waals surface area contributed by atoms with Gasteiger partial charge in [-0.3, -0.25) is 4.79 Å². The lowest BCUT2D eigenvalue weighted by Gasteiger charge is -2.22. The Morgan fingerprint density at radius 1 is 1.29 bits per heavy atom. The summed E-state index contributed by atoms with van der Waals surface area (Å²) in [5, 5.41) is 11.6. The highest BCUT2D eigenvalue weighted by molar-refractivity contribution is 5.70. The molecule has 1 unspecified atom stereocenters. The van der Waals surface area contributed by atoms with Crippen LogP contribution in [0.15, 0.2) is 24.3 Å². The quantitative estimate of drug-likeness (QED) is 0.875. The molecule has 0 bridgehead atoms. The van der Waals surface area contributed by atoms with Crippen LogP contribution in [-0.2, 0) is 22.4 Å². The van der Waals surface area contributed by atoms with Crippen LogP contribution in [0.5, 0.6) is 0 Å². The zero-order valence-corrected chi connectivity index (χ0v) is 13.0. The first-order valence-corrected chi connectivity index (χ1v) is 6.95. The number of alkyl carbamates (subject to hydrolysis) is 1. The molecule has 0 spiro atoms. The Balaban J connectivity index is 2.56. The van der Waals surface area contributed by atoms with E-state index in [9.17, 15) is 9.59 Å². The van der Waals surface area contributed by atoms with Crippen LogP contribution in [0.25, 0.3) is 0 Å². The van der Waals surface area contributed by atoms with Gasteiger partial charge in [0, 0.05) is 6.04 Å². The van der Waals surface area contributed by atoms with Gasteiger partial charge in [-0.1, -0.05) is 24.3 Å². The minimum Gasteiger partial charge on any atom is -0.481 e. The van der Waals surface area contributed by atoms with Crippen molar-refractivity contribution in [2.75, 3.05) is 0 Å². The van der Waals surface area contributed by atoms with Crippen LogP contribution in [-0.4, -0.2) is 28.8 Å². The SMILES string of the molecule is CC(Cc1cccc(CC(=O)O)c1)NC(=O)OC(C)(C)C. The number of amides is 1. The third kappa shape index (κ3) is 7.34. The third-order valence-corrected chi connectivity index (χ3v) is 2.65. The summed E-state index contributed by atoms with van der Waals surface area (Å²) in [6.45, 7) is 7.32. The Kier molecular flexibility index (Phi) is 5.76. The average Bonchev–Trinajstić information content (AvgIpc) is 2.24. The molecular formula is C16H23NO4. The molecule has 21 heavy (non-hydrogen) atoms. The first-order valence-electron chi connectivity index (χ1n) is 6.95. The van der Waals surface area contributed by atoms with Crippen molar-refractivity contribution >= 4 is 12.1 Å². The smallest absolute Gasteiger partial charge is 0.407 e. The number of hydrogen-bond acceptors (Lipinski definition) is 3. The number of rotatable bonds is 5. The number of carbonyl (C=O) groups excluding carboxylic acids is 1. The fourth-order valence-electron chi connectivity index (χ4n) is 1.95. The number of carbonyl (C=O) groups is 2. The molecule has 0 heterocycles. The van der Waals surface area contributed by atoms with Gasteiger partial charge in [-0.15, -0.1) is 0 Å². The van der Waals surface area contributed by atoms with Gasteiger partial charge in [-0.25, -0.2) is 4.79 Å². The molecule has 1 aromatic carbocycles. The number of ether oxygens (including phenoxy) is 1. The minimum absolute atomic E-state index is 0.00170. The first kappa shape index (κ1) is 17.0. The molecule has 0 aliphatic carbocycles. The predicted octanol–water partition coefficient (Wildman–Crippen LogP) is 2.77. The molecule has 116 valence electrons. The summed E-state index contributed by atoms with van der Waals surface area (Å²) in [5.74, 6) is -0.855. The van der Waals surface area contributed by atoms with E-state index in [1.165, 1.54) is 0 Å². The molecule has 1 rings (SSSR count). The molecule has 5 heteroatoms. The van der Waals surface area contributed by atoms with Crippen LogP contribution >= 0.6 is 0 Å². The Bertz CT molecular complexity index is 505. The zero-order chi connectivity index (χ0) is 16.0. The van der Waals surface area contributed by atoms with Crippen LogP contribution in [0.3, 0.4) is 0 Å². The largest absolute Gasteiger partial charge is 0.481 e. The molecule has 1 aromatic rings. The lowest BCUT2D eigenvalue weighted by Crippen LogP contribution is -2.38. The van der Waals surface area contributed by atoms with Gasteiger partial charge in [-0.05, 0) is 45.2 Å². The van der Waals surface area contributed by atoms with Gasteiger partial charge in [0.15, 0.2) is 0 Å². The summed E-state index contributed by atoms with van der Waals surface area (Å²) >= 11 is 0. The van der Waals surface area contributed by atoms with Gasteiger partial charge in [-0.2, -0.15) is 0 Å². The van der Waals surface area contributed by atoms with E-state index < -0.39 is 17.7 Å². The number of carboxylic acids is 1. The highest BCUT2D eigenvalue weighted by atomic mass is 16.6. The number of hydrogen-bond donors (Lipinski definition) is 2. The van der Waals surface area contributed by atoms with Crippen molar-refractivity contribution in [1.82, 2.24) is 5.32 Å². The molecule has 1 amide bonds. The number of benzene rings is 1. The fraction of sp³-hybridized carbons (Fsp3) is 0.500. The molecule has 0 radical (unpaired) electrons.